The summed E-state index contributed by atoms with van der Waals surface area (Å²) in [4.78, 5) is 27.0. The van der Waals surface area contributed by atoms with Gasteiger partial charge in [-0.25, -0.2) is 9.78 Å². The van der Waals surface area contributed by atoms with Crippen LogP contribution in [-0.4, -0.2) is 36.6 Å². The second-order valence-electron chi connectivity index (χ2n) is 4.30. The molecule has 0 aliphatic carbocycles. The number of hydrogen-bond acceptors (Lipinski definition) is 6. The largest absolute Gasteiger partial charge is 0.461 e. The van der Waals surface area contributed by atoms with Gasteiger partial charge in [-0.3, -0.25) is 4.79 Å². The maximum atomic E-state index is 11.6. The van der Waals surface area contributed by atoms with Crippen molar-refractivity contribution in [3.05, 3.63) is 11.2 Å². The summed E-state index contributed by atoms with van der Waals surface area (Å²) in [5.41, 5.74) is 1.77. The Bertz CT molecular complexity index is 432. The summed E-state index contributed by atoms with van der Waals surface area (Å²) >= 11 is 1.27. The highest BCUT2D eigenvalue weighted by Crippen LogP contribution is 2.20. The Morgan fingerprint density at radius 3 is 2.84 bits per heavy atom. The second-order valence-corrected chi connectivity index (χ2v) is 5.16. The average molecular weight is 285 g/mol. The van der Waals surface area contributed by atoms with E-state index in [0.717, 1.165) is 0 Å². The Morgan fingerprint density at radius 2 is 2.21 bits per heavy atom. The van der Waals surface area contributed by atoms with Crippen LogP contribution >= 0.6 is 11.3 Å². The Labute approximate surface area is 116 Å². The molecule has 1 aromatic rings. The maximum absolute atomic E-state index is 11.6. The first-order chi connectivity index (χ1) is 9.04. The minimum absolute atomic E-state index is 0.112. The number of nitrogens with one attached hydrogen (secondary N) is 2. The van der Waals surface area contributed by atoms with Crippen LogP contribution in [0, 0.1) is 5.92 Å². The molecule has 7 heteroatoms. The molecule has 1 aromatic heterocycles. The number of anilines is 1. The summed E-state index contributed by atoms with van der Waals surface area (Å²) in [6, 6.07) is 0. The van der Waals surface area contributed by atoms with Gasteiger partial charge in [-0.15, -0.1) is 11.3 Å². The lowest BCUT2D eigenvalue weighted by Gasteiger charge is -2.09. The molecule has 0 unspecified atom stereocenters. The molecule has 6 nitrogen and oxygen atoms in total. The molecule has 1 rings (SSSR count). The van der Waals surface area contributed by atoms with E-state index < -0.39 is 5.97 Å². The van der Waals surface area contributed by atoms with Crippen LogP contribution in [0.25, 0.3) is 0 Å². The van der Waals surface area contributed by atoms with Crippen molar-refractivity contribution in [1.82, 2.24) is 10.3 Å². The summed E-state index contributed by atoms with van der Waals surface area (Å²) in [5, 5.41) is 6.24. The van der Waals surface area contributed by atoms with Gasteiger partial charge in [0, 0.05) is 6.54 Å². The highest BCUT2D eigenvalue weighted by Gasteiger charge is 2.16. The van der Waals surface area contributed by atoms with E-state index in [4.69, 9.17) is 4.74 Å². The molecular formula is C12H19N3O3S. The lowest BCUT2D eigenvalue weighted by molar-refractivity contribution is -0.119. The number of hydrogen-bond donors (Lipinski definition) is 2. The standard InChI is InChI=1S/C12H19N3O3S/c1-4-18-12(17)10-11(19-7-15-10)14-6-9(16)13-5-8(2)3/h7-8,14H,4-6H2,1-3H3,(H,13,16). The van der Waals surface area contributed by atoms with E-state index in [-0.39, 0.29) is 18.1 Å². The Morgan fingerprint density at radius 1 is 1.47 bits per heavy atom. The van der Waals surface area contributed by atoms with Gasteiger partial charge < -0.3 is 15.4 Å². The molecule has 19 heavy (non-hydrogen) atoms. The second kappa shape index (κ2) is 7.73. The van der Waals surface area contributed by atoms with E-state index in [1.54, 1.807) is 12.4 Å². The fourth-order valence-electron chi connectivity index (χ4n) is 1.26. The third-order valence-electron chi connectivity index (χ3n) is 2.15. The minimum Gasteiger partial charge on any atom is -0.461 e. The monoisotopic (exact) mass is 285 g/mol. The number of carbonyl (C=O) groups excluding carboxylic acids is 2. The summed E-state index contributed by atoms with van der Waals surface area (Å²) in [6.07, 6.45) is 0. The molecule has 0 atom stereocenters. The third-order valence-corrected chi connectivity index (χ3v) is 2.94. The number of ether oxygens (including phenoxy) is 1. The third kappa shape index (κ3) is 5.25. The van der Waals surface area contributed by atoms with Gasteiger partial charge in [-0.1, -0.05) is 13.8 Å². The average Bonchev–Trinajstić information content (AvgIpc) is 2.82. The Kier molecular flexibility index (Phi) is 6.27. The van der Waals surface area contributed by atoms with Crippen molar-refractivity contribution in [3.63, 3.8) is 0 Å². The topological polar surface area (TPSA) is 80.3 Å². The smallest absolute Gasteiger partial charge is 0.360 e. The van der Waals surface area contributed by atoms with E-state index in [2.05, 4.69) is 15.6 Å². The zero-order chi connectivity index (χ0) is 14.3. The maximum Gasteiger partial charge on any atom is 0.360 e. The molecule has 0 spiro atoms. The zero-order valence-electron chi connectivity index (χ0n) is 11.4. The van der Waals surface area contributed by atoms with Crippen LogP contribution in [0.15, 0.2) is 5.51 Å². The van der Waals surface area contributed by atoms with Gasteiger partial charge in [-0.05, 0) is 12.8 Å². The van der Waals surface area contributed by atoms with Crippen molar-refractivity contribution in [3.8, 4) is 0 Å². The highest BCUT2D eigenvalue weighted by molar-refractivity contribution is 7.14. The minimum atomic E-state index is -0.478. The molecule has 0 radical (unpaired) electrons. The van der Waals surface area contributed by atoms with Crippen molar-refractivity contribution in [2.75, 3.05) is 25.0 Å². The van der Waals surface area contributed by atoms with Gasteiger partial charge in [-0.2, -0.15) is 0 Å². The van der Waals surface area contributed by atoms with Crippen molar-refractivity contribution in [1.29, 1.82) is 0 Å². The number of rotatable bonds is 7. The lowest BCUT2D eigenvalue weighted by Crippen LogP contribution is -2.32. The number of thiazole rings is 1. The predicted molar refractivity (Wildman–Crippen MR) is 74.4 cm³/mol. The van der Waals surface area contributed by atoms with Crippen LogP contribution in [0.1, 0.15) is 31.3 Å². The van der Waals surface area contributed by atoms with Crippen LogP contribution in [0.4, 0.5) is 5.00 Å². The summed E-state index contributed by atoms with van der Waals surface area (Å²) in [6.45, 7) is 6.82. The Balaban J connectivity index is 2.47. The lowest BCUT2D eigenvalue weighted by atomic mass is 10.2. The van der Waals surface area contributed by atoms with E-state index in [1.165, 1.54) is 11.3 Å². The first kappa shape index (κ1) is 15.4. The summed E-state index contributed by atoms with van der Waals surface area (Å²) in [5.74, 6) is -0.187. The highest BCUT2D eigenvalue weighted by atomic mass is 32.1. The molecule has 1 heterocycles. The van der Waals surface area contributed by atoms with E-state index in [1.807, 2.05) is 13.8 Å². The van der Waals surface area contributed by atoms with Gasteiger partial charge in [0.25, 0.3) is 0 Å². The molecular weight excluding hydrogens is 266 g/mol. The fourth-order valence-corrected chi connectivity index (χ4v) is 1.92. The quantitative estimate of drug-likeness (QED) is 0.742. The molecule has 0 fully saturated rings. The Hall–Kier alpha value is -1.63. The number of aromatic nitrogens is 1. The van der Waals surface area contributed by atoms with E-state index in [9.17, 15) is 9.59 Å². The van der Waals surface area contributed by atoms with Gasteiger partial charge in [0.2, 0.25) is 5.91 Å². The van der Waals surface area contributed by atoms with Gasteiger partial charge >= 0.3 is 5.97 Å². The van der Waals surface area contributed by atoms with Crippen molar-refractivity contribution >= 4 is 28.2 Å². The summed E-state index contributed by atoms with van der Waals surface area (Å²) < 4.78 is 4.88. The molecule has 0 saturated heterocycles. The van der Waals surface area contributed by atoms with E-state index >= 15 is 0 Å². The molecule has 1 amide bonds. The molecule has 2 N–H and O–H groups in total. The molecule has 0 aliphatic heterocycles. The zero-order valence-corrected chi connectivity index (χ0v) is 12.2. The molecule has 106 valence electrons. The van der Waals surface area contributed by atoms with Gasteiger partial charge in [0.15, 0.2) is 5.69 Å². The number of nitrogens with zero attached hydrogens (tertiary/aromatic N) is 1. The normalized spacial score (nSPS) is 10.3. The molecule has 0 bridgehead atoms. The molecule has 0 aromatic carbocycles. The first-order valence-electron chi connectivity index (χ1n) is 6.15. The van der Waals surface area contributed by atoms with Crippen molar-refractivity contribution < 1.29 is 14.3 Å². The first-order valence-corrected chi connectivity index (χ1v) is 7.03. The van der Waals surface area contributed by atoms with Crippen LogP contribution in [0.3, 0.4) is 0 Å². The molecule has 0 saturated carbocycles. The van der Waals surface area contributed by atoms with Crippen LogP contribution in [-0.2, 0) is 9.53 Å². The van der Waals surface area contributed by atoms with Crippen LogP contribution in [0.5, 0.6) is 0 Å². The fraction of sp³-hybridized carbons (Fsp3) is 0.583. The predicted octanol–water partition coefficient (Wildman–Crippen LogP) is 1.50. The molecule has 0 aliphatic rings. The SMILES string of the molecule is CCOC(=O)c1ncsc1NCC(=O)NCC(C)C. The van der Waals surface area contributed by atoms with Gasteiger partial charge in [0.05, 0.1) is 18.7 Å². The van der Waals surface area contributed by atoms with Crippen LogP contribution < -0.4 is 10.6 Å². The summed E-state index contributed by atoms with van der Waals surface area (Å²) in [7, 11) is 0. The van der Waals surface area contributed by atoms with Gasteiger partial charge in [0.1, 0.15) is 5.00 Å². The number of carbonyl (C=O) groups is 2. The van der Waals surface area contributed by atoms with Crippen molar-refractivity contribution in [2.45, 2.75) is 20.8 Å². The van der Waals surface area contributed by atoms with Crippen LogP contribution in [0.2, 0.25) is 0 Å². The number of esters is 1. The number of amides is 1. The van der Waals surface area contributed by atoms with Crippen molar-refractivity contribution in [2.24, 2.45) is 5.92 Å². The van der Waals surface area contributed by atoms with E-state index in [0.29, 0.717) is 24.1 Å².